The second-order valence-electron chi connectivity index (χ2n) is 4.86. The quantitative estimate of drug-likeness (QED) is 0.638. The molecular formula is C12H17N5O2S2. The zero-order valence-corrected chi connectivity index (χ0v) is 13.5. The van der Waals surface area contributed by atoms with Crippen LogP contribution in [0.3, 0.4) is 0 Å². The number of piperidine rings is 1. The van der Waals surface area contributed by atoms with Crippen LogP contribution in [-0.2, 0) is 10.0 Å². The highest BCUT2D eigenvalue weighted by molar-refractivity contribution is 7.98. The molecule has 1 saturated heterocycles. The molecule has 2 heterocycles. The van der Waals surface area contributed by atoms with Crippen molar-refractivity contribution >= 4 is 27.6 Å². The second kappa shape index (κ2) is 6.60. The maximum absolute atomic E-state index is 11.2. The van der Waals surface area contributed by atoms with Gasteiger partial charge in [-0.3, -0.25) is 0 Å². The molecule has 0 amide bonds. The molecule has 21 heavy (non-hydrogen) atoms. The van der Waals surface area contributed by atoms with Gasteiger partial charge in [-0.05, 0) is 19.1 Å². The van der Waals surface area contributed by atoms with Gasteiger partial charge in [0.05, 0.1) is 12.5 Å². The number of hydrogen-bond acceptors (Lipinski definition) is 7. The lowest BCUT2D eigenvalue weighted by atomic mass is 10.1. The van der Waals surface area contributed by atoms with Crippen molar-refractivity contribution in [1.29, 1.82) is 5.26 Å². The molecule has 0 bridgehead atoms. The minimum absolute atomic E-state index is 0.0522. The molecule has 0 aromatic carbocycles. The zero-order valence-electron chi connectivity index (χ0n) is 11.9. The molecule has 0 radical (unpaired) electrons. The minimum Gasteiger partial charge on any atom is -0.355 e. The van der Waals surface area contributed by atoms with Gasteiger partial charge in [-0.2, -0.15) is 5.26 Å². The number of aromatic nitrogens is 2. The van der Waals surface area contributed by atoms with Crippen molar-refractivity contribution in [3.8, 4) is 6.07 Å². The van der Waals surface area contributed by atoms with E-state index >= 15 is 0 Å². The van der Waals surface area contributed by atoms with Gasteiger partial charge in [0, 0.05) is 19.1 Å². The molecule has 9 heteroatoms. The third kappa shape index (κ3) is 4.30. The molecule has 2 rings (SSSR count). The smallest absolute Gasteiger partial charge is 0.208 e. The molecule has 1 aromatic rings. The largest absolute Gasteiger partial charge is 0.355 e. The number of anilines is 1. The molecule has 0 atom stereocenters. The van der Waals surface area contributed by atoms with Gasteiger partial charge in [0.25, 0.3) is 0 Å². The first-order valence-electron chi connectivity index (χ1n) is 6.46. The second-order valence-corrected chi connectivity index (χ2v) is 7.41. The van der Waals surface area contributed by atoms with E-state index in [1.165, 1.54) is 24.2 Å². The number of rotatable bonds is 4. The van der Waals surface area contributed by atoms with Crippen LogP contribution in [0.2, 0.25) is 0 Å². The molecule has 1 fully saturated rings. The maximum atomic E-state index is 11.2. The van der Waals surface area contributed by atoms with Crippen LogP contribution in [0.4, 0.5) is 5.82 Å². The van der Waals surface area contributed by atoms with Gasteiger partial charge in [-0.1, -0.05) is 11.8 Å². The van der Waals surface area contributed by atoms with Crippen molar-refractivity contribution < 1.29 is 8.42 Å². The zero-order chi connectivity index (χ0) is 15.5. The Kier molecular flexibility index (Phi) is 5.03. The Labute approximate surface area is 128 Å². The molecule has 1 aliphatic rings. The lowest BCUT2D eigenvalue weighted by Crippen LogP contribution is -2.44. The molecule has 0 saturated carbocycles. The average Bonchev–Trinajstić information content (AvgIpc) is 2.45. The summed E-state index contributed by atoms with van der Waals surface area (Å²) in [6.07, 6.45) is 5.97. The fourth-order valence-corrected chi connectivity index (χ4v) is 3.46. The fourth-order valence-electron chi connectivity index (χ4n) is 2.29. The van der Waals surface area contributed by atoms with Crippen LogP contribution < -0.4 is 9.62 Å². The summed E-state index contributed by atoms with van der Waals surface area (Å²) in [6.45, 7) is 1.32. The fraction of sp³-hybridized carbons (Fsp3) is 0.583. The average molecular weight is 327 g/mol. The normalized spacial score (nSPS) is 16.7. The summed E-state index contributed by atoms with van der Waals surface area (Å²) in [6, 6.07) is 2.05. The van der Waals surface area contributed by atoms with Crippen molar-refractivity contribution in [2.24, 2.45) is 0 Å². The van der Waals surface area contributed by atoms with E-state index in [0.29, 0.717) is 42.5 Å². The van der Waals surface area contributed by atoms with Crippen LogP contribution in [0.15, 0.2) is 11.4 Å². The Morgan fingerprint density at radius 2 is 2.14 bits per heavy atom. The topological polar surface area (TPSA) is 99.0 Å². The molecule has 114 valence electrons. The third-order valence-electron chi connectivity index (χ3n) is 3.22. The van der Waals surface area contributed by atoms with Crippen LogP contribution in [0, 0.1) is 11.3 Å². The summed E-state index contributed by atoms with van der Waals surface area (Å²) in [5.74, 6) is 0.634. The van der Waals surface area contributed by atoms with Crippen molar-refractivity contribution in [2.75, 3.05) is 30.5 Å². The number of thioether (sulfide) groups is 1. The minimum atomic E-state index is -3.18. The summed E-state index contributed by atoms with van der Waals surface area (Å²) in [5, 5.41) is 9.79. The summed E-state index contributed by atoms with van der Waals surface area (Å²) in [5.41, 5.74) is 0.447. The Morgan fingerprint density at radius 1 is 1.48 bits per heavy atom. The molecular weight excluding hydrogens is 310 g/mol. The summed E-state index contributed by atoms with van der Waals surface area (Å²) in [7, 11) is -3.18. The lowest BCUT2D eigenvalue weighted by Gasteiger charge is -2.33. The van der Waals surface area contributed by atoms with Gasteiger partial charge in [0.2, 0.25) is 10.0 Å². The lowest BCUT2D eigenvalue weighted by molar-refractivity contribution is 0.459. The first kappa shape index (κ1) is 16.0. The van der Waals surface area contributed by atoms with Gasteiger partial charge >= 0.3 is 0 Å². The molecule has 7 nitrogen and oxygen atoms in total. The Bertz CT molecular complexity index is 648. The van der Waals surface area contributed by atoms with E-state index in [2.05, 4.69) is 20.8 Å². The maximum Gasteiger partial charge on any atom is 0.208 e. The number of nitriles is 1. The van der Waals surface area contributed by atoms with E-state index in [9.17, 15) is 8.42 Å². The Morgan fingerprint density at radius 3 is 2.67 bits per heavy atom. The summed E-state index contributed by atoms with van der Waals surface area (Å²) < 4.78 is 25.1. The van der Waals surface area contributed by atoms with E-state index in [1.54, 1.807) is 0 Å². The van der Waals surface area contributed by atoms with E-state index in [0.717, 1.165) is 0 Å². The Hall–Kier alpha value is -1.37. The van der Waals surface area contributed by atoms with Gasteiger partial charge in [0.1, 0.15) is 11.6 Å². The monoisotopic (exact) mass is 327 g/mol. The van der Waals surface area contributed by atoms with Gasteiger partial charge in [0.15, 0.2) is 11.0 Å². The summed E-state index contributed by atoms with van der Waals surface area (Å²) in [4.78, 5) is 10.5. The van der Waals surface area contributed by atoms with Crippen molar-refractivity contribution in [1.82, 2.24) is 14.7 Å². The predicted molar refractivity (Wildman–Crippen MR) is 81.7 cm³/mol. The van der Waals surface area contributed by atoms with E-state index in [1.807, 2.05) is 11.2 Å². The number of sulfonamides is 1. The van der Waals surface area contributed by atoms with E-state index < -0.39 is 10.0 Å². The number of hydrogen-bond donors (Lipinski definition) is 1. The van der Waals surface area contributed by atoms with Crippen LogP contribution in [0.1, 0.15) is 18.4 Å². The van der Waals surface area contributed by atoms with Crippen LogP contribution in [0.25, 0.3) is 0 Å². The van der Waals surface area contributed by atoms with Crippen LogP contribution in [-0.4, -0.2) is 50.0 Å². The first-order chi connectivity index (χ1) is 9.93. The van der Waals surface area contributed by atoms with Gasteiger partial charge in [-0.15, -0.1) is 0 Å². The highest BCUT2D eigenvalue weighted by atomic mass is 32.2. The predicted octanol–water partition coefficient (Wildman–Crippen LogP) is 0.588. The third-order valence-corrected chi connectivity index (χ3v) is 4.55. The Balaban J connectivity index is 2.10. The SMILES string of the molecule is CSc1ncc(C#N)c(N2CCC(NS(C)(=O)=O)CC2)n1. The molecule has 1 N–H and O–H groups in total. The highest BCUT2D eigenvalue weighted by Gasteiger charge is 2.24. The van der Waals surface area contributed by atoms with Crippen molar-refractivity contribution in [2.45, 2.75) is 24.0 Å². The van der Waals surface area contributed by atoms with Gasteiger partial charge in [-0.25, -0.2) is 23.1 Å². The number of nitrogens with zero attached hydrogens (tertiary/aromatic N) is 4. The van der Waals surface area contributed by atoms with Crippen molar-refractivity contribution in [3.63, 3.8) is 0 Å². The van der Waals surface area contributed by atoms with Crippen LogP contribution >= 0.6 is 11.8 Å². The summed E-state index contributed by atoms with van der Waals surface area (Å²) >= 11 is 1.42. The molecule has 0 spiro atoms. The standard InChI is InChI=1S/C12H17N5O2S2/c1-20-12-14-8-9(7-13)11(15-12)17-5-3-10(4-6-17)16-21(2,18)19/h8,10,16H,3-6H2,1-2H3. The van der Waals surface area contributed by atoms with E-state index in [-0.39, 0.29) is 6.04 Å². The molecule has 0 unspecified atom stereocenters. The molecule has 1 aromatic heterocycles. The van der Waals surface area contributed by atoms with E-state index in [4.69, 9.17) is 5.26 Å². The molecule has 1 aliphatic heterocycles. The number of nitrogens with one attached hydrogen (secondary N) is 1. The van der Waals surface area contributed by atoms with Crippen LogP contribution in [0.5, 0.6) is 0 Å². The van der Waals surface area contributed by atoms with Crippen molar-refractivity contribution in [3.05, 3.63) is 11.8 Å². The van der Waals surface area contributed by atoms with Gasteiger partial charge < -0.3 is 4.90 Å². The first-order valence-corrected chi connectivity index (χ1v) is 9.58. The highest BCUT2D eigenvalue weighted by Crippen LogP contribution is 2.23. The molecule has 0 aliphatic carbocycles.